The molecule has 7 heavy (non-hydrogen) atoms. The third-order valence-corrected chi connectivity index (χ3v) is 2.95. The zero-order chi connectivity index (χ0) is 4.59. The van der Waals surface area contributed by atoms with Crippen LogP contribution in [0.4, 0.5) is 0 Å². The molecular weight excluding hydrogens is 84.1 g/mol. The summed E-state index contributed by atoms with van der Waals surface area (Å²) >= 11 is 0. The second-order valence-electron chi connectivity index (χ2n) is 3.21. The Morgan fingerprint density at radius 3 is 2.29 bits per heavy atom. The highest BCUT2D eigenvalue weighted by Gasteiger charge is 2.78. The second-order valence-corrected chi connectivity index (χ2v) is 3.21. The molecule has 4 aliphatic carbocycles. The number of hydrogen-bond acceptors (Lipinski definition) is 0. The summed E-state index contributed by atoms with van der Waals surface area (Å²) in [7, 11) is 0. The third kappa shape index (κ3) is 0.142. The molecule has 0 saturated heterocycles. The first-order chi connectivity index (χ1) is 3.39. The summed E-state index contributed by atoms with van der Waals surface area (Å²) in [4.78, 5) is 0. The average molecular weight is 92.1 g/mol. The molecule has 2 atom stereocenters. The third-order valence-electron chi connectivity index (χ3n) is 2.95. The fourth-order valence-corrected chi connectivity index (χ4v) is 2.43. The predicted molar refractivity (Wildman–Crippen MR) is 27.7 cm³/mol. The smallest absolute Gasteiger partial charge is 0.0137 e. The molecule has 4 aliphatic rings. The summed E-state index contributed by atoms with van der Waals surface area (Å²) in [6.07, 6.45) is 1.39. The summed E-state index contributed by atoms with van der Waals surface area (Å²) in [5.41, 5.74) is 1.57. The molecule has 0 heteroatoms. The number of hydrogen-bond donors (Lipinski definition) is 0. The fraction of sp³-hybridized carbons (Fsp3) is 0.714. The summed E-state index contributed by atoms with van der Waals surface area (Å²) < 4.78 is 0. The number of allylic oxidation sites excluding steroid dienone is 1. The zero-order valence-corrected chi connectivity index (χ0v) is 4.22. The molecular formula is C7H8. The molecule has 2 bridgehead atoms. The van der Waals surface area contributed by atoms with E-state index in [9.17, 15) is 0 Å². The molecule has 0 amide bonds. The molecule has 2 unspecified atom stereocenters. The van der Waals surface area contributed by atoms with Crippen LogP contribution in [0, 0.1) is 23.7 Å². The molecule has 4 saturated carbocycles. The Balaban J connectivity index is 2.20. The highest BCUT2D eigenvalue weighted by molar-refractivity contribution is 5.39. The lowest BCUT2D eigenvalue weighted by molar-refractivity contribution is 0.660. The van der Waals surface area contributed by atoms with Crippen LogP contribution in [0.5, 0.6) is 0 Å². The van der Waals surface area contributed by atoms with Crippen molar-refractivity contribution >= 4 is 0 Å². The Hall–Kier alpha value is -0.260. The first kappa shape index (κ1) is 2.91. The molecule has 0 aromatic carbocycles. The minimum absolute atomic E-state index is 1.05. The van der Waals surface area contributed by atoms with E-state index in [1.54, 1.807) is 5.57 Å². The van der Waals surface area contributed by atoms with Crippen molar-refractivity contribution in [2.45, 2.75) is 6.42 Å². The van der Waals surface area contributed by atoms with Crippen molar-refractivity contribution < 1.29 is 0 Å². The van der Waals surface area contributed by atoms with Crippen molar-refractivity contribution in [3.63, 3.8) is 0 Å². The average Bonchev–Trinajstić information content (AvgIpc) is 2.41. The van der Waals surface area contributed by atoms with Gasteiger partial charge in [-0.15, -0.1) is 0 Å². The Bertz CT molecular complexity index is 141. The maximum absolute atomic E-state index is 4.00. The van der Waals surface area contributed by atoms with E-state index in [1.165, 1.54) is 18.3 Å². The van der Waals surface area contributed by atoms with Gasteiger partial charge in [-0.05, 0) is 30.1 Å². The van der Waals surface area contributed by atoms with E-state index < -0.39 is 0 Å². The minimum atomic E-state index is 1.05. The van der Waals surface area contributed by atoms with E-state index in [0.29, 0.717) is 0 Å². The molecule has 0 aromatic heterocycles. The molecule has 0 spiro atoms. The minimum Gasteiger partial charge on any atom is -0.0995 e. The van der Waals surface area contributed by atoms with Gasteiger partial charge in [0.25, 0.3) is 0 Å². The van der Waals surface area contributed by atoms with Gasteiger partial charge in [-0.3, -0.25) is 0 Å². The largest absolute Gasteiger partial charge is 0.0995 e. The maximum atomic E-state index is 4.00. The van der Waals surface area contributed by atoms with Gasteiger partial charge in [0.1, 0.15) is 0 Å². The van der Waals surface area contributed by atoms with Crippen LogP contribution in [-0.4, -0.2) is 0 Å². The quantitative estimate of drug-likeness (QED) is 0.396. The van der Waals surface area contributed by atoms with Crippen LogP contribution in [-0.2, 0) is 0 Å². The van der Waals surface area contributed by atoms with E-state index in [-0.39, 0.29) is 0 Å². The zero-order valence-electron chi connectivity index (χ0n) is 4.22. The highest BCUT2D eigenvalue weighted by atomic mass is 14.8. The highest BCUT2D eigenvalue weighted by Crippen LogP contribution is 2.83. The van der Waals surface area contributed by atoms with E-state index in [4.69, 9.17) is 0 Å². The van der Waals surface area contributed by atoms with Crippen molar-refractivity contribution in [2.75, 3.05) is 0 Å². The van der Waals surface area contributed by atoms with E-state index in [0.717, 1.165) is 11.8 Å². The van der Waals surface area contributed by atoms with E-state index in [2.05, 4.69) is 6.58 Å². The van der Waals surface area contributed by atoms with Gasteiger partial charge in [0.15, 0.2) is 0 Å². The SMILES string of the molecule is C=C1CC2C3C1C23. The van der Waals surface area contributed by atoms with Gasteiger partial charge in [0.05, 0.1) is 0 Å². The molecule has 0 heterocycles. The lowest BCUT2D eigenvalue weighted by Crippen LogP contribution is -1.79. The molecule has 0 radical (unpaired) electrons. The van der Waals surface area contributed by atoms with Crippen LogP contribution in [0.2, 0.25) is 0 Å². The lowest BCUT2D eigenvalue weighted by Gasteiger charge is -1.85. The van der Waals surface area contributed by atoms with Crippen LogP contribution in [0.15, 0.2) is 12.2 Å². The molecule has 36 valence electrons. The summed E-state index contributed by atoms with van der Waals surface area (Å²) in [6, 6.07) is 0. The predicted octanol–water partition coefficient (Wildman–Crippen LogP) is 1.44. The molecule has 4 rings (SSSR count). The van der Waals surface area contributed by atoms with Gasteiger partial charge < -0.3 is 0 Å². The van der Waals surface area contributed by atoms with Gasteiger partial charge in [0, 0.05) is 0 Å². The fourth-order valence-electron chi connectivity index (χ4n) is 2.43. The van der Waals surface area contributed by atoms with Gasteiger partial charge in [-0.1, -0.05) is 12.2 Å². The van der Waals surface area contributed by atoms with Crippen LogP contribution >= 0.6 is 0 Å². The van der Waals surface area contributed by atoms with Crippen molar-refractivity contribution in [2.24, 2.45) is 23.7 Å². The first-order valence-electron chi connectivity index (χ1n) is 3.07. The van der Waals surface area contributed by atoms with Crippen molar-refractivity contribution in [3.8, 4) is 0 Å². The molecule has 0 N–H and O–H groups in total. The second kappa shape index (κ2) is 0.521. The van der Waals surface area contributed by atoms with E-state index in [1.807, 2.05) is 0 Å². The number of rotatable bonds is 0. The Morgan fingerprint density at radius 2 is 2.14 bits per heavy atom. The van der Waals surface area contributed by atoms with Gasteiger partial charge in [-0.25, -0.2) is 0 Å². The van der Waals surface area contributed by atoms with Crippen LogP contribution < -0.4 is 0 Å². The normalized spacial score (nSPS) is 70.6. The van der Waals surface area contributed by atoms with E-state index >= 15 is 0 Å². The van der Waals surface area contributed by atoms with Crippen molar-refractivity contribution in [3.05, 3.63) is 12.2 Å². The number of fused-ring (bicyclic) bond motifs is 1. The maximum Gasteiger partial charge on any atom is -0.0137 e. The van der Waals surface area contributed by atoms with Gasteiger partial charge in [0.2, 0.25) is 0 Å². The van der Waals surface area contributed by atoms with Gasteiger partial charge in [-0.2, -0.15) is 0 Å². The first-order valence-corrected chi connectivity index (χ1v) is 3.07. The Kier molecular flexibility index (Phi) is 0.216. The topological polar surface area (TPSA) is 0 Å². The lowest BCUT2D eigenvalue weighted by atomic mass is 10.2. The molecule has 0 nitrogen and oxygen atoms in total. The van der Waals surface area contributed by atoms with Crippen LogP contribution in [0.3, 0.4) is 0 Å². The summed E-state index contributed by atoms with van der Waals surface area (Å²) in [6.45, 7) is 4.00. The Labute approximate surface area is 43.2 Å². The van der Waals surface area contributed by atoms with Gasteiger partial charge >= 0.3 is 0 Å². The summed E-state index contributed by atoms with van der Waals surface area (Å²) in [5, 5.41) is 0. The van der Waals surface area contributed by atoms with Crippen molar-refractivity contribution in [1.29, 1.82) is 0 Å². The van der Waals surface area contributed by atoms with Crippen molar-refractivity contribution in [1.82, 2.24) is 0 Å². The molecule has 0 aliphatic heterocycles. The Morgan fingerprint density at radius 1 is 1.43 bits per heavy atom. The molecule has 0 aromatic rings. The van der Waals surface area contributed by atoms with Crippen LogP contribution in [0.1, 0.15) is 6.42 Å². The summed E-state index contributed by atoms with van der Waals surface area (Å²) in [5.74, 6) is 4.54. The van der Waals surface area contributed by atoms with Crippen LogP contribution in [0.25, 0.3) is 0 Å². The monoisotopic (exact) mass is 92.1 g/mol. The molecule has 4 fully saturated rings. The standard InChI is InChI=1S/C7H8/c1-3-2-4-6-5(3)7(4)6/h4-7H,1-2H2.